The highest BCUT2D eigenvalue weighted by Gasteiger charge is 2.07. The summed E-state index contributed by atoms with van der Waals surface area (Å²) >= 11 is 1.52. The second kappa shape index (κ2) is 9.19. The molecule has 1 aromatic heterocycles. The van der Waals surface area contributed by atoms with Crippen LogP contribution in [0.15, 0.2) is 52.9 Å². The van der Waals surface area contributed by atoms with E-state index in [1.807, 2.05) is 37.4 Å². The highest BCUT2D eigenvalue weighted by Crippen LogP contribution is 2.29. The van der Waals surface area contributed by atoms with E-state index in [-0.39, 0.29) is 0 Å². The van der Waals surface area contributed by atoms with E-state index >= 15 is 0 Å². The first-order valence-electron chi connectivity index (χ1n) is 8.80. The summed E-state index contributed by atoms with van der Waals surface area (Å²) in [5.41, 5.74) is 7.19. The standard InChI is InChI=1S/C21H23N3O2S/c1-4-25-20-11-18(12-22-24-21-23-16(3)14-27-21)9-10-19(20)26-13-17-7-5-15(2)6-8-17/h5-12,14H,4,13H2,1-3H3,(H,23,24). The molecule has 0 fully saturated rings. The van der Waals surface area contributed by atoms with Crippen LogP contribution in [0.4, 0.5) is 5.13 Å². The van der Waals surface area contributed by atoms with Gasteiger partial charge in [-0.3, -0.25) is 5.43 Å². The minimum atomic E-state index is 0.499. The number of hydrazone groups is 1. The fourth-order valence-corrected chi connectivity index (χ4v) is 3.04. The Bertz CT molecular complexity index is 904. The molecule has 0 aliphatic carbocycles. The van der Waals surface area contributed by atoms with Crippen molar-refractivity contribution in [2.24, 2.45) is 5.10 Å². The van der Waals surface area contributed by atoms with Crippen molar-refractivity contribution in [2.75, 3.05) is 12.0 Å². The number of ether oxygens (including phenoxy) is 2. The molecule has 1 N–H and O–H groups in total. The molecule has 0 saturated heterocycles. The topological polar surface area (TPSA) is 55.7 Å². The lowest BCUT2D eigenvalue weighted by molar-refractivity contribution is 0.269. The summed E-state index contributed by atoms with van der Waals surface area (Å²) in [6, 6.07) is 14.1. The lowest BCUT2D eigenvalue weighted by Gasteiger charge is -2.12. The van der Waals surface area contributed by atoms with Crippen molar-refractivity contribution >= 4 is 22.7 Å². The molecule has 0 amide bonds. The maximum Gasteiger partial charge on any atom is 0.203 e. The number of thiazole rings is 1. The highest BCUT2D eigenvalue weighted by molar-refractivity contribution is 7.13. The second-order valence-electron chi connectivity index (χ2n) is 6.08. The van der Waals surface area contributed by atoms with Crippen LogP contribution in [0.5, 0.6) is 11.5 Å². The minimum Gasteiger partial charge on any atom is -0.490 e. The zero-order valence-corrected chi connectivity index (χ0v) is 16.5. The van der Waals surface area contributed by atoms with Crippen LogP contribution in [-0.4, -0.2) is 17.8 Å². The smallest absolute Gasteiger partial charge is 0.203 e. The number of aryl methyl sites for hydroxylation is 2. The Morgan fingerprint density at radius 2 is 1.89 bits per heavy atom. The Morgan fingerprint density at radius 1 is 1.07 bits per heavy atom. The molecule has 6 heteroatoms. The van der Waals surface area contributed by atoms with Gasteiger partial charge in [0, 0.05) is 5.38 Å². The summed E-state index contributed by atoms with van der Waals surface area (Å²) in [6.07, 6.45) is 1.74. The van der Waals surface area contributed by atoms with E-state index in [4.69, 9.17) is 9.47 Å². The summed E-state index contributed by atoms with van der Waals surface area (Å²) < 4.78 is 11.7. The maximum absolute atomic E-state index is 5.95. The Hall–Kier alpha value is -2.86. The van der Waals surface area contributed by atoms with Gasteiger partial charge >= 0.3 is 0 Å². The van der Waals surface area contributed by atoms with Gasteiger partial charge in [0.25, 0.3) is 0 Å². The van der Waals surface area contributed by atoms with Crippen molar-refractivity contribution in [3.63, 3.8) is 0 Å². The van der Waals surface area contributed by atoms with Gasteiger partial charge in [0.05, 0.1) is 18.5 Å². The van der Waals surface area contributed by atoms with Gasteiger partial charge in [0.15, 0.2) is 11.5 Å². The third-order valence-corrected chi connectivity index (χ3v) is 4.64. The van der Waals surface area contributed by atoms with Gasteiger partial charge in [-0.2, -0.15) is 5.10 Å². The SMILES string of the molecule is CCOc1cc(C=NNc2nc(C)cs2)ccc1OCc1ccc(C)cc1. The van der Waals surface area contributed by atoms with Crippen molar-refractivity contribution in [2.45, 2.75) is 27.4 Å². The summed E-state index contributed by atoms with van der Waals surface area (Å²) in [6.45, 7) is 7.05. The Labute approximate surface area is 163 Å². The summed E-state index contributed by atoms with van der Waals surface area (Å²) in [7, 11) is 0. The third-order valence-electron chi connectivity index (χ3n) is 3.78. The van der Waals surface area contributed by atoms with Crippen LogP contribution in [0.3, 0.4) is 0 Å². The Kier molecular flexibility index (Phi) is 6.44. The number of hydrogen-bond acceptors (Lipinski definition) is 6. The largest absolute Gasteiger partial charge is 0.490 e. The molecular formula is C21H23N3O2S. The molecule has 0 atom stereocenters. The number of rotatable bonds is 8. The summed E-state index contributed by atoms with van der Waals surface area (Å²) in [5.74, 6) is 1.43. The molecule has 3 rings (SSSR count). The van der Waals surface area contributed by atoms with Crippen molar-refractivity contribution < 1.29 is 9.47 Å². The monoisotopic (exact) mass is 381 g/mol. The van der Waals surface area contributed by atoms with E-state index in [9.17, 15) is 0 Å². The lowest BCUT2D eigenvalue weighted by Crippen LogP contribution is -2.00. The molecule has 27 heavy (non-hydrogen) atoms. The number of hydrogen-bond donors (Lipinski definition) is 1. The van der Waals surface area contributed by atoms with Crippen LogP contribution in [0.25, 0.3) is 0 Å². The number of nitrogens with zero attached hydrogens (tertiary/aromatic N) is 2. The van der Waals surface area contributed by atoms with Gasteiger partial charge in [0.2, 0.25) is 5.13 Å². The molecule has 0 unspecified atom stereocenters. The number of nitrogens with one attached hydrogen (secondary N) is 1. The zero-order valence-electron chi connectivity index (χ0n) is 15.7. The zero-order chi connectivity index (χ0) is 19.1. The van der Waals surface area contributed by atoms with Gasteiger partial charge in [-0.05, 0) is 50.1 Å². The molecule has 0 aliphatic rings. The van der Waals surface area contributed by atoms with Crippen molar-refractivity contribution in [3.05, 3.63) is 70.2 Å². The fraction of sp³-hybridized carbons (Fsp3) is 0.238. The molecule has 2 aromatic carbocycles. The van der Waals surface area contributed by atoms with E-state index in [2.05, 4.69) is 46.7 Å². The molecule has 0 aliphatic heterocycles. The van der Waals surface area contributed by atoms with Gasteiger partial charge in [-0.15, -0.1) is 11.3 Å². The normalized spacial score (nSPS) is 10.9. The third kappa shape index (κ3) is 5.56. The first-order chi connectivity index (χ1) is 13.1. The molecule has 0 radical (unpaired) electrons. The molecular weight excluding hydrogens is 358 g/mol. The maximum atomic E-state index is 5.95. The van der Waals surface area contributed by atoms with Crippen molar-refractivity contribution in [1.29, 1.82) is 0 Å². The van der Waals surface area contributed by atoms with Crippen LogP contribution < -0.4 is 14.9 Å². The Balaban J connectivity index is 1.66. The van der Waals surface area contributed by atoms with Crippen LogP contribution in [0, 0.1) is 13.8 Å². The molecule has 0 spiro atoms. The molecule has 140 valence electrons. The lowest BCUT2D eigenvalue weighted by atomic mass is 10.2. The van der Waals surface area contributed by atoms with Crippen LogP contribution in [0.2, 0.25) is 0 Å². The quantitative estimate of drug-likeness (QED) is 0.431. The summed E-state index contributed by atoms with van der Waals surface area (Å²) in [4.78, 5) is 4.31. The predicted octanol–water partition coefficient (Wildman–Crippen LogP) is 5.18. The van der Waals surface area contributed by atoms with Gasteiger partial charge in [0.1, 0.15) is 6.61 Å². The van der Waals surface area contributed by atoms with E-state index in [1.165, 1.54) is 16.9 Å². The minimum absolute atomic E-state index is 0.499. The van der Waals surface area contributed by atoms with Crippen LogP contribution in [0.1, 0.15) is 29.3 Å². The molecule has 0 saturated carbocycles. The number of anilines is 1. The van der Waals surface area contributed by atoms with Crippen LogP contribution in [-0.2, 0) is 6.61 Å². The van der Waals surface area contributed by atoms with Crippen molar-refractivity contribution in [3.8, 4) is 11.5 Å². The molecule has 5 nitrogen and oxygen atoms in total. The summed E-state index contributed by atoms with van der Waals surface area (Å²) in [5, 5.41) is 6.98. The highest BCUT2D eigenvalue weighted by atomic mass is 32.1. The average molecular weight is 382 g/mol. The Morgan fingerprint density at radius 3 is 2.59 bits per heavy atom. The van der Waals surface area contributed by atoms with Gasteiger partial charge < -0.3 is 9.47 Å². The number of benzene rings is 2. The van der Waals surface area contributed by atoms with E-state index in [0.29, 0.717) is 19.0 Å². The van der Waals surface area contributed by atoms with E-state index < -0.39 is 0 Å². The van der Waals surface area contributed by atoms with Crippen molar-refractivity contribution in [1.82, 2.24) is 4.98 Å². The van der Waals surface area contributed by atoms with Gasteiger partial charge in [-0.1, -0.05) is 29.8 Å². The number of aromatic nitrogens is 1. The van der Waals surface area contributed by atoms with E-state index in [0.717, 1.165) is 27.7 Å². The molecule has 1 heterocycles. The first-order valence-corrected chi connectivity index (χ1v) is 9.68. The molecule has 3 aromatic rings. The average Bonchev–Trinajstić information content (AvgIpc) is 3.08. The fourth-order valence-electron chi connectivity index (χ4n) is 2.41. The molecule has 0 bridgehead atoms. The second-order valence-corrected chi connectivity index (χ2v) is 6.94. The van der Waals surface area contributed by atoms with Gasteiger partial charge in [-0.25, -0.2) is 4.98 Å². The predicted molar refractivity (Wildman–Crippen MR) is 111 cm³/mol. The first kappa shape index (κ1) is 18.9. The van der Waals surface area contributed by atoms with E-state index in [1.54, 1.807) is 6.21 Å². The van der Waals surface area contributed by atoms with Crippen LogP contribution >= 0.6 is 11.3 Å².